The number of aliphatic hydroxyl groups is 5. The number of nitrogens with zero attached hydrogens (tertiary/aromatic N) is 5. The van der Waals surface area contributed by atoms with Gasteiger partial charge >= 0.3 is 11.9 Å². The van der Waals surface area contributed by atoms with Crippen molar-refractivity contribution in [2.75, 3.05) is 6.61 Å². The van der Waals surface area contributed by atoms with E-state index in [4.69, 9.17) is 28.4 Å². The van der Waals surface area contributed by atoms with Crippen molar-refractivity contribution < 1.29 is 78.4 Å². The Morgan fingerprint density at radius 2 is 1.65 bits per heavy atom. The topological polar surface area (TPSA) is 319 Å². The highest BCUT2D eigenvalue weighted by Gasteiger charge is 2.54. The highest BCUT2D eigenvalue weighted by molar-refractivity contribution is 5.89. The van der Waals surface area contributed by atoms with Crippen LogP contribution in [0.1, 0.15) is 81.3 Å². The smallest absolute Gasteiger partial charge is 0.338 e. The number of nitrogens with one attached hydrogen (secondary N) is 1. The number of carboxylic acids is 1. The molecule has 23 heteroatoms. The minimum Gasteiger partial charge on any atom is -0.479 e. The number of ether oxygens (including phenoxy) is 6. The highest BCUT2D eigenvalue weighted by Crippen LogP contribution is 2.39. The van der Waals surface area contributed by atoms with Crippen LogP contribution in [0.2, 0.25) is 0 Å². The second-order valence-corrected chi connectivity index (χ2v) is 19.4. The molecule has 2 saturated heterocycles. The van der Waals surface area contributed by atoms with E-state index < -0.39 is 121 Å². The lowest BCUT2D eigenvalue weighted by molar-refractivity contribution is -0.384. The average Bonchev–Trinajstić information content (AvgIpc) is 4.02. The molecule has 2 saturated carbocycles. The third-order valence-corrected chi connectivity index (χ3v) is 14.4. The minimum atomic E-state index is -1.72. The van der Waals surface area contributed by atoms with Crippen LogP contribution in [-0.2, 0) is 57.6 Å². The first-order valence-corrected chi connectivity index (χ1v) is 24.6. The van der Waals surface area contributed by atoms with E-state index >= 15 is 0 Å². The number of hydrogen-bond acceptors (Lipinski definition) is 18. The largest absolute Gasteiger partial charge is 0.479 e. The van der Waals surface area contributed by atoms with Crippen LogP contribution in [0, 0.1) is 27.9 Å². The molecule has 1 amide bonds. The number of carbonyl (C=O) groups is 3. The number of nitro groups is 1. The van der Waals surface area contributed by atoms with Gasteiger partial charge in [0.25, 0.3) is 5.69 Å². The molecular weight excluding hydrogens is 945 g/mol. The summed E-state index contributed by atoms with van der Waals surface area (Å²) in [6.07, 6.45) is -10.8. The van der Waals surface area contributed by atoms with Crippen LogP contribution >= 0.6 is 0 Å². The SMILES string of the molecule is CC1CC(C(=O)NCc2cn(CCn3ccc4cc([N+](=O)[O-])ccc43)nn2)C[C@@H](O[C@@H]2OC(CO)[C@H](O)C(O[C@@H](CC3CCCCC3)C(=O)O)C2OC(=O)c2ccccc2)C1O[C@@H]1OC(C)[C@@H](O)C(O)C1O. The van der Waals surface area contributed by atoms with Gasteiger partial charge in [-0.1, -0.05) is 62.4 Å². The van der Waals surface area contributed by atoms with Gasteiger partial charge in [0.1, 0.15) is 42.3 Å². The molecular formula is C49H64N6O17. The van der Waals surface area contributed by atoms with E-state index in [9.17, 15) is 55.1 Å². The molecule has 0 radical (unpaired) electrons. The Kier molecular flexibility index (Phi) is 17.3. The van der Waals surface area contributed by atoms with Gasteiger partial charge in [0.05, 0.1) is 54.7 Å². The first-order valence-electron chi connectivity index (χ1n) is 24.6. The molecule has 2 aromatic heterocycles. The number of nitro benzene ring substituents is 1. The lowest BCUT2D eigenvalue weighted by Gasteiger charge is -2.48. The molecule has 72 heavy (non-hydrogen) atoms. The molecule has 2 aromatic carbocycles. The van der Waals surface area contributed by atoms with E-state index in [1.165, 1.54) is 31.2 Å². The van der Waals surface area contributed by atoms with Crippen LogP contribution in [0.15, 0.2) is 67.0 Å². The monoisotopic (exact) mass is 1010 g/mol. The van der Waals surface area contributed by atoms with Crippen molar-refractivity contribution in [1.29, 1.82) is 0 Å². The Hall–Kier alpha value is -5.47. The molecule has 23 nitrogen and oxygen atoms in total. The number of hydrogen-bond donors (Lipinski definition) is 7. The van der Waals surface area contributed by atoms with Crippen LogP contribution < -0.4 is 5.32 Å². The van der Waals surface area contributed by atoms with Gasteiger partial charge in [-0.05, 0) is 62.3 Å². The Bertz CT molecular complexity index is 2470. The molecule has 2 aliphatic heterocycles. The maximum atomic E-state index is 14.1. The van der Waals surface area contributed by atoms with Crippen LogP contribution in [0.4, 0.5) is 5.69 Å². The predicted molar refractivity (Wildman–Crippen MR) is 249 cm³/mol. The number of aryl methyl sites for hydroxylation is 2. The van der Waals surface area contributed by atoms with E-state index in [2.05, 4.69) is 15.6 Å². The molecule has 0 spiro atoms. The lowest BCUT2D eigenvalue weighted by atomic mass is 9.77. The number of benzene rings is 2. The molecule has 15 atom stereocenters. The molecule has 4 aromatic rings. The predicted octanol–water partition coefficient (Wildman–Crippen LogP) is 2.21. The van der Waals surface area contributed by atoms with Crippen LogP contribution in [0.3, 0.4) is 0 Å². The number of aliphatic carboxylic acids is 1. The van der Waals surface area contributed by atoms with E-state index in [1.807, 2.05) is 10.8 Å². The fourth-order valence-electron chi connectivity index (χ4n) is 10.4. The molecule has 0 bridgehead atoms. The van der Waals surface area contributed by atoms with Gasteiger partial charge in [-0.25, -0.2) is 9.59 Å². The highest BCUT2D eigenvalue weighted by atomic mass is 16.7. The van der Waals surface area contributed by atoms with Crippen molar-refractivity contribution in [3.63, 3.8) is 0 Å². The summed E-state index contributed by atoms with van der Waals surface area (Å²) in [5.74, 6) is -3.89. The molecule has 4 aliphatic rings. The summed E-state index contributed by atoms with van der Waals surface area (Å²) in [7, 11) is 0. The third-order valence-electron chi connectivity index (χ3n) is 14.4. The maximum Gasteiger partial charge on any atom is 0.338 e. The lowest BCUT2D eigenvalue weighted by Crippen LogP contribution is -2.64. The summed E-state index contributed by atoms with van der Waals surface area (Å²) in [5, 5.41) is 88.2. The Labute approximate surface area is 414 Å². The number of non-ortho nitro benzene ring substituents is 1. The minimum absolute atomic E-state index is 0.00453. The van der Waals surface area contributed by atoms with E-state index in [0.717, 1.165) is 43.0 Å². The van der Waals surface area contributed by atoms with Crippen molar-refractivity contribution in [1.82, 2.24) is 24.9 Å². The zero-order chi connectivity index (χ0) is 51.2. The van der Waals surface area contributed by atoms with Crippen LogP contribution in [-0.4, -0.2) is 159 Å². The van der Waals surface area contributed by atoms with Crippen LogP contribution in [0.25, 0.3) is 10.9 Å². The quantitative estimate of drug-likeness (QED) is 0.0402. The number of aliphatic hydroxyl groups excluding tert-OH is 5. The number of esters is 1. The Balaban J connectivity index is 1.02. The summed E-state index contributed by atoms with van der Waals surface area (Å²) >= 11 is 0. The van der Waals surface area contributed by atoms with Gasteiger partial charge < -0.3 is 68.9 Å². The molecule has 4 fully saturated rings. The Morgan fingerprint density at radius 1 is 0.889 bits per heavy atom. The summed E-state index contributed by atoms with van der Waals surface area (Å²) in [5.41, 5.74) is 1.37. The van der Waals surface area contributed by atoms with Gasteiger partial charge in [-0.3, -0.25) is 19.6 Å². The van der Waals surface area contributed by atoms with E-state index in [1.54, 1.807) is 48.1 Å². The Morgan fingerprint density at radius 3 is 2.38 bits per heavy atom. The van der Waals surface area contributed by atoms with Gasteiger partial charge in [0.15, 0.2) is 24.8 Å². The molecule has 392 valence electrons. The zero-order valence-corrected chi connectivity index (χ0v) is 40.0. The van der Waals surface area contributed by atoms with Crippen molar-refractivity contribution in [2.24, 2.45) is 17.8 Å². The maximum absolute atomic E-state index is 14.1. The van der Waals surface area contributed by atoms with Crippen molar-refractivity contribution in [3.8, 4) is 0 Å². The number of rotatable bonds is 19. The van der Waals surface area contributed by atoms with Gasteiger partial charge in [0.2, 0.25) is 5.91 Å². The average molecular weight is 1010 g/mol. The molecule has 8 rings (SSSR count). The van der Waals surface area contributed by atoms with Gasteiger partial charge in [-0.15, -0.1) is 5.10 Å². The van der Waals surface area contributed by atoms with Crippen LogP contribution in [0.5, 0.6) is 0 Å². The summed E-state index contributed by atoms with van der Waals surface area (Å²) in [6, 6.07) is 14.3. The second-order valence-electron chi connectivity index (χ2n) is 19.4. The fourth-order valence-corrected chi connectivity index (χ4v) is 10.4. The number of carbonyl (C=O) groups excluding carboxylic acids is 2. The van der Waals surface area contributed by atoms with Crippen molar-refractivity contribution in [2.45, 2.75) is 165 Å². The normalized spacial score (nSPS) is 31.7. The van der Waals surface area contributed by atoms with Crippen molar-refractivity contribution in [3.05, 3.63) is 88.4 Å². The zero-order valence-electron chi connectivity index (χ0n) is 40.0. The first-order chi connectivity index (χ1) is 34.6. The standard InChI is InChI=1S/C49H64N6O17/c1-26-19-31(45(61)50-23-32-24-54(52-51-32)18-17-53-16-15-30-21-33(55(65)66)13-14-34(30)53)22-35(42(26)72-48-41(60)40(59)38(57)27(2)67-48)69-49-44(71-47(64)29-11-7-4-8-12-29)43(39(58)37(25-56)70-49)68-36(46(62)63)20-28-9-5-3-6-10-28/h4,7-8,11-16,21,24,26-28,31,35-44,48-49,56-60H,3,5-6,9-10,17-20,22-23,25H2,1-2H3,(H,50,61)(H,62,63)/t26?,27?,31?,35-,36+,37?,38-,39+,40?,41?,42?,43?,44?,48+,49-/m1/s1. The van der Waals surface area contributed by atoms with Gasteiger partial charge in [-0.2, -0.15) is 0 Å². The number of aromatic nitrogens is 4. The van der Waals surface area contributed by atoms with E-state index in [-0.39, 0.29) is 43.0 Å². The summed E-state index contributed by atoms with van der Waals surface area (Å²) in [6.45, 7) is 3.36. The first kappa shape index (κ1) is 52.8. The number of carboxylic acid groups (broad SMARTS) is 1. The van der Waals surface area contributed by atoms with E-state index in [0.29, 0.717) is 18.8 Å². The summed E-state index contributed by atoms with van der Waals surface area (Å²) in [4.78, 5) is 51.6. The number of fused-ring (bicyclic) bond motifs is 1. The molecule has 4 heterocycles. The third kappa shape index (κ3) is 12.3. The summed E-state index contributed by atoms with van der Waals surface area (Å²) < 4.78 is 40.9. The molecule has 7 N–H and O–H groups in total. The fraction of sp³-hybridized carbons (Fsp3) is 0.612. The van der Waals surface area contributed by atoms with Gasteiger partial charge in [0, 0.05) is 41.7 Å². The van der Waals surface area contributed by atoms with Crippen molar-refractivity contribution >= 4 is 34.4 Å². The number of amides is 1. The molecule has 9 unspecified atom stereocenters. The second kappa shape index (κ2) is 23.6. The molecule has 2 aliphatic carbocycles.